The minimum absolute atomic E-state index is 0.00935. The lowest BCUT2D eigenvalue weighted by atomic mass is 9.75. The van der Waals surface area contributed by atoms with E-state index in [0.717, 1.165) is 11.1 Å². The molecule has 0 saturated heterocycles. The first kappa shape index (κ1) is 10.8. The fourth-order valence-electron chi connectivity index (χ4n) is 2.31. The Morgan fingerprint density at radius 3 is 1.94 bits per heavy atom. The van der Waals surface area contributed by atoms with Crippen molar-refractivity contribution < 1.29 is 9.90 Å². The fraction of sp³-hybridized carbons (Fsp3) is 0.0625. The smallest absolute Gasteiger partial charge is 0.181 e. The van der Waals surface area contributed by atoms with Gasteiger partial charge in [-0.05, 0) is 11.1 Å². The van der Waals surface area contributed by atoms with Gasteiger partial charge in [0.1, 0.15) is 11.7 Å². The molecule has 0 saturated carbocycles. The van der Waals surface area contributed by atoms with Gasteiger partial charge in [-0.3, -0.25) is 4.79 Å². The summed E-state index contributed by atoms with van der Waals surface area (Å²) in [6.07, 6.45) is 0. The predicted molar refractivity (Wildman–Crippen MR) is 70.2 cm³/mol. The number of allylic oxidation sites excluding steroid dienone is 2. The Morgan fingerprint density at radius 1 is 0.833 bits per heavy atom. The van der Waals surface area contributed by atoms with E-state index >= 15 is 0 Å². The lowest BCUT2D eigenvalue weighted by Crippen LogP contribution is -2.28. The molecule has 3 rings (SSSR count). The van der Waals surface area contributed by atoms with Crippen molar-refractivity contribution >= 4 is 11.4 Å². The Bertz CT molecular complexity index is 612. The zero-order valence-corrected chi connectivity index (χ0v) is 9.71. The molecule has 1 aliphatic rings. The molecule has 1 N–H and O–H groups in total. The zero-order valence-electron chi connectivity index (χ0n) is 9.71. The average molecular weight is 236 g/mol. The van der Waals surface area contributed by atoms with E-state index in [2.05, 4.69) is 0 Å². The third-order valence-electron chi connectivity index (χ3n) is 3.23. The minimum Gasteiger partial charge on any atom is -0.510 e. The van der Waals surface area contributed by atoms with E-state index in [0.29, 0.717) is 5.57 Å². The standard InChI is InChI=1S/C16H12O2/c17-15-13(11-7-3-1-4-8-11)16(18)14(15)12-9-5-2-6-10-12/h1-10,13,17H. The quantitative estimate of drug-likeness (QED) is 0.868. The van der Waals surface area contributed by atoms with Crippen molar-refractivity contribution in [3.63, 3.8) is 0 Å². The lowest BCUT2D eigenvalue weighted by molar-refractivity contribution is -0.116. The number of rotatable bonds is 2. The summed E-state index contributed by atoms with van der Waals surface area (Å²) in [5.74, 6) is -0.316. The maximum atomic E-state index is 12.2. The molecule has 0 aliphatic heterocycles. The van der Waals surface area contributed by atoms with Crippen LogP contribution in [0.2, 0.25) is 0 Å². The van der Waals surface area contributed by atoms with Gasteiger partial charge in [-0.2, -0.15) is 0 Å². The molecule has 1 aliphatic carbocycles. The van der Waals surface area contributed by atoms with Crippen LogP contribution in [0.15, 0.2) is 66.4 Å². The van der Waals surface area contributed by atoms with Crippen LogP contribution in [0.25, 0.3) is 5.57 Å². The molecular formula is C16H12O2. The summed E-state index contributed by atoms with van der Waals surface area (Å²) < 4.78 is 0. The zero-order chi connectivity index (χ0) is 12.5. The molecule has 88 valence electrons. The maximum absolute atomic E-state index is 12.2. The number of carbonyl (C=O) groups is 1. The van der Waals surface area contributed by atoms with Crippen molar-refractivity contribution in [2.24, 2.45) is 0 Å². The van der Waals surface area contributed by atoms with Gasteiger partial charge < -0.3 is 5.11 Å². The van der Waals surface area contributed by atoms with E-state index in [9.17, 15) is 9.90 Å². The van der Waals surface area contributed by atoms with Crippen molar-refractivity contribution in [1.82, 2.24) is 0 Å². The highest BCUT2D eigenvalue weighted by atomic mass is 16.3. The molecule has 0 spiro atoms. The first-order chi connectivity index (χ1) is 8.79. The van der Waals surface area contributed by atoms with Crippen molar-refractivity contribution in [3.05, 3.63) is 77.5 Å². The molecular weight excluding hydrogens is 224 g/mol. The predicted octanol–water partition coefficient (Wildman–Crippen LogP) is 3.32. The van der Waals surface area contributed by atoms with E-state index in [-0.39, 0.29) is 11.5 Å². The summed E-state index contributed by atoms with van der Waals surface area (Å²) in [7, 11) is 0. The van der Waals surface area contributed by atoms with Crippen LogP contribution in [-0.4, -0.2) is 10.9 Å². The molecule has 0 bridgehead atoms. The third-order valence-corrected chi connectivity index (χ3v) is 3.23. The highest BCUT2D eigenvalue weighted by molar-refractivity contribution is 6.31. The topological polar surface area (TPSA) is 37.3 Å². The summed E-state index contributed by atoms with van der Waals surface area (Å²) in [4.78, 5) is 12.2. The molecule has 18 heavy (non-hydrogen) atoms. The van der Waals surface area contributed by atoms with Crippen LogP contribution in [0, 0.1) is 0 Å². The van der Waals surface area contributed by atoms with Gasteiger partial charge in [-0.1, -0.05) is 60.7 Å². The minimum atomic E-state index is -0.485. The van der Waals surface area contributed by atoms with Gasteiger partial charge in [0, 0.05) is 0 Å². The van der Waals surface area contributed by atoms with Crippen molar-refractivity contribution in [1.29, 1.82) is 0 Å². The number of benzene rings is 2. The Hall–Kier alpha value is -2.35. The van der Waals surface area contributed by atoms with Crippen LogP contribution in [-0.2, 0) is 4.79 Å². The molecule has 2 heteroatoms. The summed E-state index contributed by atoms with van der Waals surface area (Å²) in [5.41, 5.74) is 2.08. The summed E-state index contributed by atoms with van der Waals surface area (Å²) in [6, 6.07) is 18.6. The second-order valence-corrected chi connectivity index (χ2v) is 4.33. The molecule has 2 nitrogen and oxygen atoms in total. The first-order valence-electron chi connectivity index (χ1n) is 5.87. The number of carbonyl (C=O) groups excluding carboxylic acids is 1. The van der Waals surface area contributed by atoms with Crippen molar-refractivity contribution in [3.8, 4) is 0 Å². The van der Waals surface area contributed by atoms with Gasteiger partial charge >= 0.3 is 0 Å². The second kappa shape index (κ2) is 4.15. The normalized spacial score (nSPS) is 18.7. The SMILES string of the molecule is O=C1C(c2ccccc2)=C(O)C1c1ccccc1. The van der Waals surface area contributed by atoms with E-state index in [1.807, 2.05) is 60.7 Å². The molecule has 1 unspecified atom stereocenters. The molecule has 0 radical (unpaired) electrons. The highest BCUT2D eigenvalue weighted by Crippen LogP contribution is 2.42. The molecule has 2 aromatic rings. The Labute approximate surface area is 105 Å². The number of aliphatic hydroxyl groups is 1. The van der Waals surface area contributed by atoms with Crippen LogP contribution >= 0.6 is 0 Å². The molecule has 1 atom stereocenters. The highest BCUT2D eigenvalue weighted by Gasteiger charge is 2.40. The van der Waals surface area contributed by atoms with Crippen LogP contribution < -0.4 is 0 Å². The van der Waals surface area contributed by atoms with Crippen LogP contribution in [0.4, 0.5) is 0 Å². The van der Waals surface area contributed by atoms with E-state index in [4.69, 9.17) is 0 Å². The van der Waals surface area contributed by atoms with Gasteiger partial charge in [0.25, 0.3) is 0 Å². The lowest BCUT2D eigenvalue weighted by Gasteiger charge is -2.28. The largest absolute Gasteiger partial charge is 0.510 e. The van der Waals surface area contributed by atoms with Crippen molar-refractivity contribution in [2.75, 3.05) is 0 Å². The maximum Gasteiger partial charge on any atom is 0.181 e. The second-order valence-electron chi connectivity index (χ2n) is 4.33. The van der Waals surface area contributed by atoms with Gasteiger partial charge in [0.2, 0.25) is 0 Å². The Balaban J connectivity index is 2.01. The summed E-state index contributed by atoms with van der Waals surface area (Å²) in [5, 5.41) is 10.1. The first-order valence-corrected chi connectivity index (χ1v) is 5.87. The molecule has 0 aromatic heterocycles. The van der Waals surface area contributed by atoms with Gasteiger partial charge in [-0.25, -0.2) is 0 Å². The molecule has 0 heterocycles. The van der Waals surface area contributed by atoms with E-state index < -0.39 is 5.92 Å². The van der Waals surface area contributed by atoms with Crippen LogP contribution in [0.5, 0.6) is 0 Å². The number of hydrogen-bond donors (Lipinski definition) is 1. The number of aliphatic hydroxyl groups excluding tert-OH is 1. The number of Topliss-reactive ketones (excluding diaryl/α,β-unsaturated/α-hetero) is 1. The average Bonchev–Trinajstić information content (AvgIpc) is 2.41. The monoisotopic (exact) mass is 236 g/mol. The number of hydrogen-bond acceptors (Lipinski definition) is 2. The fourth-order valence-corrected chi connectivity index (χ4v) is 2.31. The molecule has 0 fully saturated rings. The number of ketones is 1. The van der Waals surface area contributed by atoms with Gasteiger partial charge in [0.15, 0.2) is 5.78 Å². The third kappa shape index (κ3) is 1.54. The summed E-state index contributed by atoms with van der Waals surface area (Å²) in [6.45, 7) is 0. The Morgan fingerprint density at radius 2 is 1.39 bits per heavy atom. The van der Waals surface area contributed by atoms with Crippen LogP contribution in [0.1, 0.15) is 17.0 Å². The molecule has 0 amide bonds. The summed E-state index contributed by atoms with van der Waals surface area (Å²) >= 11 is 0. The van der Waals surface area contributed by atoms with Crippen LogP contribution in [0.3, 0.4) is 0 Å². The van der Waals surface area contributed by atoms with Gasteiger partial charge in [0.05, 0.1) is 5.57 Å². The van der Waals surface area contributed by atoms with Crippen molar-refractivity contribution in [2.45, 2.75) is 5.92 Å². The molecule has 2 aromatic carbocycles. The van der Waals surface area contributed by atoms with E-state index in [1.54, 1.807) is 0 Å². The van der Waals surface area contributed by atoms with Gasteiger partial charge in [-0.15, -0.1) is 0 Å². The van der Waals surface area contributed by atoms with E-state index in [1.165, 1.54) is 0 Å². The Kier molecular flexibility index (Phi) is 2.49.